The predicted octanol–water partition coefficient (Wildman–Crippen LogP) is 4.98. The van der Waals surface area contributed by atoms with Crippen LogP contribution in [0.4, 0.5) is 24.5 Å². The molecule has 0 fully saturated rings. The Bertz CT molecular complexity index is 920. The quantitative estimate of drug-likeness (QED) is 0.300. The Balaban J connectivity index is 1.71. The number of rotatable bonds is 14. The first-order valence-corrected chi connectivity index (χ1v) is 10.8. The second-order valence-electron chi connectivity index (χ2n) is 7.08. The summed E-state index contributed by atoms with van der Waals surface area (Å²) in [6, 6.07) is 11.1. The average Bonchev–Trinajstić information content (AvgIpc) is 2.80. The molecule has 0 bridgehead atoms. The number of benzene rings is 2. The fourth-order valence-corrected chi connectivity index (χ4v) is 2.78. The molecule has 0 aliphatic rings. The van der Waals surface area contributed by atoms with Crippen LogP contribution in [0.2, 0.25) is 0 Å². The van der Waals surface area contributed by atoms with Crippen molar-refractivity contribution in [2.75, 3.05) is 45.0 Å². The molecule has 0 aliphatic heterocycles. The topological polar surface area (TPSA) is 83.1 Å². The van der Waals surface area contributed by atoms with E-state index in [4.69, 9.17) is 18.9 Å². The van der Waals surface area contributed by atoms with Crippen LogP contribution in [0, 0.1) is 0 Å². The van der Waals surface area contributed by atoms with Crippen molar-refractivity contribution in [2.24, 2.45) is 0 Å². The van der Waals surface area contributed by atoms with Crippen LogP contribution in [0.15, 0.2) is 48.5 Å². The van der Waals surface area contributed by atoms with E-state index in [0.29, 0.717) is 18.7 Å². The minimum atomic E-state index is -4.47. The molecule has 0 atom stereocenters. The lowest BCUT2D eigenvalue weighted by Gasteiger charge is -2.13. The number of carbonyl (C=O) groups is 2. The molecule has 186 valence electrons. The first kappa shape index (κ1) is 27.1. The van der Waals surface area contributed by atoms with Gasteiger partial charge in [0.25, 0.3) is 0 Å². The first-order chi connectivity index (χ1) is 16.3. The number of anilines is 2. The number of esters is 2. The van der Waals surface area contributed by atoms with Gasteiger partial charge in [0.15, 0.2) is 0 Å². The third kappa shape index (κ3) is 9.80. The summed E-state index contributed by atoms with van der Waals surface area (Å²) in [6.07, 6.45) is -3.35. The lowest BCUT2D eigenvalue weighted by Crippen LogP contribution is -2.15. The fourth-order valence-electron chi connectivity index (χ4n) is 2.78. The maximum absolute atomic E-state index is 12.9. The first-order valence-electron chi connectivity index (χ1n) is 10.8. The summed E-state index contributed by atoms with van der Waals surface area (Å²) in [6.45, 7) is 3.04. The Kier molecular flexibility index (Phi) is 11.3. The van der Waals surface area contributed by atoms with Crippen LogP contribution in [0.1, 0.15) is 35.7 Å². The minimum absolute atomic E-state index is 0.00857. The molecule has 0 unspecified atom stereocenters. The number of halogens is 3. The Hall–Kier alpha value is -3.11. The predicted molar refractivity (Wildman–Crippen MR) is 119 cm³/mol. The van der Waals surface area contributed by atoms with Crippen LogP contribution in [-0.2, 0) is 29.9 Å². The van der Waals surface area contributed by atoms with E-state index in [1.54, 1.807) is 18.2 Å². The molecule has 0 saturated heterocycles. The molecule has 1 N–H and O–H groups in total. The Morgan fingerprint density at radius 1 is 0.853 bits per heavy atom. The van der Waals surface area contributed by atoms with Crippen LogP contribution >= 0.6 is 0 Å². The van der Waals surface area contributed by atoms with Crippen molar-refractivity contribution in [2.45, 2.75) is 25.9 Å². The Morgan fingerprint density at radius 3 is 2.18 bits per heavy atom. The van der Waals surface area contributed by atoms with Crippen molar-refractivity contribution in [1.82, 2.24) is 0 Å². The largest absolute Gasteiger partial charge is 0.463 e. The Labute approximate surface area is 196 Å². The van der Waals surface area contributed by atoms with Gasteiger partial charge in [0.2, 0.25) is 0 Å². The molecule has 2 rings (SSSR count). The molecule has 2 aromatic carbocycles. The summed E-state index contributed by atoms with van der Waals surface area (Å²) in [7, 11) is 0. The van der Waals surface area contributed by atoms with Gasteiger partial charge in [-0.25, -0.2) is 4.79 Å². The van der Waals surface area contributed by atoms with Crippen molar-refractivity contribution < 1.29 is 41.7 Å². The fraction of sp³-hybridized carbons (Fsp3) is 0.417. The van der Waals surface area contributed by atoms with Crippen LogP contribution < -0.4 is 5.32 Å². The highest BCUT2D eigenvalue weighted by molar-refractivity contribution is 5.96. The standard InChI is InChI=1S/C24H28F3NO6/c1-2-6-22(29)33-15-13-31-11-12-32-14-16-34-23(30)20-9-3-4-10-21(20)28-19-8-5-7-18(17-19)24(25,26)27/h3-5,7-10,17,28H,2,6,11-16H2,1H3. The van der Waals surface area contributed by atoms with Gasteiger partial charge in [-0.05, 0) is 36.8 Å². The van der Waals surface area contributed by atoms with Crippen LogP contribution in [-0.4, -0.2) is 51.6 Å². The van der Waals surface area contributed by atoms with E-state index in [0.717, 1.165) is 18.6 Å². The maximum atomic E-state index is 12.9. The molecule has 0 aromatic heterocycles. The van der Waals surface area contributed by atoms with E-state index in [2.05, 4.69) is 5.32 Å². The van der Waals surface area contributed by atoms with Gasteiger partial charge < -0.3 is 24.3 Å². The van der Waals surface area contributed by atoms with E-state index < -0.39 is 17.7 Å². The monoisotopic (exact) mass is 483 g/mol. The molecule has 0 amide bonds. The molecule has 0 aliphatic carbocycles. The third-order valence-corrected chi connectivity index (χ3v) is 4.39. The minimum Gasteiger partial charge on any atom is -0.463 e. The van der Waals surface area contributed by atoms with E-state index in [9.17, 15) is 22.8 Å². The van der Waals surface area contributed by atoms with E-state index in [1.807, 2.05) is 6.92 Å². The number of ether oxygens (including phenoxy) is 4. The zero-order valence-corrected chi connectivity index (χ0v) is 18.9. The summed E-state index contributed by atoms with van der Waals surface area (Å²) < 4.78 is 59.5. The van der Waals surface area contributed by atoms with Crippen LogP contribution in [0.5, 0.6) is 0 Å². The molecule has 0 saturated carbocycles. The normalized spacial score (nSPS) is 11.2. The zero-order valence-electron chi connectivity index (χ0n) is 18.9. The zero-order chi connectivity index (χ0) is 24.8. The molecular formula is C24H28F3NO6. The van der Waals surface area contributed by atoms with Gasteiger partial charge in [-0.15, -0.1) is 0 Å². The molecule has 7 nitrogen and oxygen atoms in total. The molecule has 10 heteroatoms. The highest BCUT2D eigenvalue weighted by Gasteiger charge is 2.30. The number of para-hydroxylation sites is 1. The van der Waals surface area contributed by atoms with Crippen molar-refractivity contribution in [3.05, 3.63) is 59.7 Å². The summed E-state index contributed by atoms with van der Waals surface area (Å²) in [5.74, 6) is -0.889. The molecule has 34 heavy (non-hydrogen) atoms. The summed E-state index contributed by atoms with van der Waals surface area (Å²) in [5.41, 5.74) is -0.101. The SMILES string of the molecule is CCCC(=O)OCCOCCOCCOC(=O)c1ccccc1Nc1cccc(C(F)(F)F)c1. The van der Waals surface area contributed by atoms with Gasteiger partial charge in [0.1, 0.15) is 13.2 Å². The Morgan fingerprint density at radius 2 is 1.50 bits per heavy atom. The number of hydrogen-bond acceptors (Lipinski definition) is 7. The average molecular weight is 483 g/mol. The number of carbonyl (C=O) groups excluding carboxylic acids is 2. The number of hydrogen-bond donors (Lipinski definition) is 1. The van der Waals surface area contributed by atoms with Crippen LogP contribution in [0.25, 0.3) is 0 Å². The van der Waals surface area contributed by atoms with Gasteiger partial charge in [-0.3, -0.25) is 4.79 Å². The molecule has 0 radical (unpaired) electrons. The third-order valence-electron chi connectivity index (χ3n) is 4.39. The van der Waals surface area contributed by atoms with Crippen molar-refractivity contribution >= 4 is 23.3 Å². The molecule has 2 aromatic rings. The van der Waals surface area contributed by atoms with Crippen LogP contribution in [0.3, 0.4) is 0 Å². The second-order valence-corrected chi connectivity index (χ2v) is 7.08. The van der Waals surface area contributed by atoms with Gasteiger partial charge in [-0.2, -0.15) is 13.2 Å². The maximum Gasteiger partial charge on any atom is 0.416 e. The summed E-state index contributed by atoms with van der Waals surface area (Å²) >= 11 is 0. The van der Waals surface area contributed by atoms with Gasteiger partial charge in [0, 0.05) is 12.1 Å². The number of alkyl halides is 3. The van der Waals surface area contributed by atoms with Gasteiger partial charge in [-0.1, -0.05) is 25.1 Å². The second kappa shape index (κ2) is 14.2. The molecular weight excluding hydrogens is 455 g/mol. The number of nitrogens with one attached hydrogen (secondary N) is 1. The highest BCUT2D eigenvalue weighted by atomic mass is 19.4. The lowest BCUT2D eigenvalue weighted by molar-refractivity contribution is -0.145. The van der Waals surface area contributed by atoms with Gasteiger partial charge >= 0.3 is 18.1 Å². The smallest absolute Gasteiger partial charge is 0.416 e. The lowest BCUT2D eigenvalue weighted by atomic mass is 10.1. The summed E-state index contributed by atoms with van der Waals surface area (Å²) in [5, 5.41) is 2.83. The van der Waals surface area contributed by atoms with E-state index in [1.165, 1.54) is 18.2 Å². The van der Waals surface area contributed by atoms with Crippen molar-refractivity contribution in [3.8, 4) is 0 Å². The molecule has 0 heterocycles. The molecule has 0 spiro atoms. The van der Waals surface area contributed by atoms with E-state index in [-0.39, 0.29) is 50.3 Å². The summed E-state index contributed by atoms with van der Waals surface area (Å²) in [4.78, 5) is 23.6. The van der Waals surface area contributed by atoms with Gasteiger partial charge in [0.05, 0.1) is 43.2 Å². The van der Waals surface area contributed by atoms with Crippen molar-refractivity contribution in [1.29, 1.82) is 0 Å². The van der Waals surface area contributed by atoms with Crippen molar-refractivity contribution in [3.63, 3.8) is 0 Å². The highest BCUT2D eigenvalue weighted by Crippen LogP contribution is 2.32. The van der Waals surface area contributed by atoms with E-state index >= 15 is 0 Å².